The second kappa shape index (κ2) is 6.43. The van der Waals surface area contributed by atoms with Crippen LogP contribution in [0, 0.1) is 6.92 Å². The van der Waals surface area contributed by atoms with Crippen LogP contribution in [-0.2, 0) is 4.84 Å². The minimum Gasteiger partial charge on any atom is -0.386 e. The van der Waals surface area contributed by atoms with E-state index in [-0.39, 0.29) is 0 Å². The molecule has 0 bridgehead atoms. The molecule has 0 saturated carbocycles. The number of alkyl halides is 3. The van der Waals surface area contributed by atoms with Crippen molar-refractivity contribution in [3.63, 3.8) is 0 Å². The van der Waals surface area contributed by atoms with Gasteiger partial charge in [0, 0.05) is 11.1 Å². The van der Waals surface area contributed by atoms with Crippen LogP contribution in [0.15, 0.2) is 59.8 Å². The summed E-state index contributed by atoms with van der Waals surface area (Å²) >= 11 is 0. The summed E-state index contributed by atoms with van der Waals surface area (Å²) in [6, 6.07) is 16.3. The molecule has 110 valence electrons. The van der Waals surface area contributed by atoms with Crippen molar-refractivity contribution in [2.45, 2.75) is 13.1 Å². The quantitative estimate of drug-likeness (QED) is 0.607. The average molecular weight is 293 g/mol. The molecule has 2 aromatic rings. The summed E-state index contributed by atoms with van der Waals surface area (Å²) in [7, 11) is 0. The minimum atomic E-state index is -4.40. The number of aryl methyl sites for hydroxylation is 1. The zero-order chi connectivity index (χ0) is 15.3. The molecule has 0 aliphatic carbocycles. The molecule has 0 fully saturated rings. The number of oxime groups is 1. The van der Waals surface area contributed by atoms with Crippen molar-refractivity contribution in [1.29, 1.82) is 0 Å². The molecule has 0 aliphatic heterocycles. The van der Waals surface area contributed by atoms with Gasteiger partial charge in [-0.05, 0) is 13.0 Å². The summed E-state index contributed by atoms with van der Waals surface area (Å²) in [5, 5.41) is 3.69. The van der Waals surface area contributed by atoms with E-state index in [1.807, 2.05) is 31.2 Å². The molecular formula is C16H14F3NO. The number of benzene rings is 2. The van der Waals surface area contributed by atoms with Crippen LogP contribution < -0.4 is 0 Å². The molecule has 0 N–H and O–H groups in total. The highest BCUT2D eigenvalue weighted by Crippen LogP contribution is 2.17. The van der Waals surface area contributed by atoms with Crippen LogP contribution in [0.25, 0.3) is 0 Å². The van der Waals surface area contributed by atoms with Crippen LogP contribution >= 0.6 is 0 Å². The van der Waals surface area contributed by atoms with Gasteiger partial charge in [-0.2, -0.15) is 13.2 Å². The first kappa shape index (κ1) is 15.1. The molecule has 2 nitrogen and oxygen atoms in total. The first-order valence-electron chi connectivity index (χ1n) is 6.35. The Balaban J connectivity index is 2.33. The first-order chi connectivity index (χ1) is 9.96. The van der Waals surface area contributed by atoms with Crippen molar-refractivity contribution < 1.29 is 18.0 Å². The maximum Gasteiger partial charge on any atom is 0.425 e. The summed E-state index contributed by atoms with van der Waals surface area (Å²) in [5.74, 6) is 0. The van der Waals surface area contributed by atoms with E-state index in [9.17, 15) is 13.2 Å². The van der Waals surface area contributed by atoms with Crippen LogP contribution in [0.5, 0.6) is 0 Å². The van der Waals surface area contributed by atoms with E-state index < -0.39 is 12.8 Å². The maximum atomic E-state index is 12.2. The molecule has 0 amide bonds. The van der Waals surface area contributed by atoms with Gasteiger partial charge < -0.3 is 4.84 Å². The molecule has 0 spiro atoms. The Labute approximate surface area is 120 Å². The topological polar surface area (TPSA) is 21.6 Å². The molecular weight excluding hydrogens is 279 g/mol. The van der Waals surface area contributed by atoms with Gasteiger partial charge in [-0.3, -0.25) is 0 Å². The third-order valence-electron chi connectivity index (χ3n) is 2.72. The van der Waals surface area contributed by atoms with Gasteiger partial charge in [0.05, 0.1) is 0 Å². The summed E-state index contributed by atoms with van der Waals surface area (Å²) < 4.78 is 36.5. The molecule has 2 rings (SSSR count). The van der Waals surface area contributed by atoms with E-state index in [4.69, 9.17) is 0 Å². The van der Waals surface area contributed by atoms with Gasteiger partial charge in [0.25, 0.3) is 0 Å². The summed E-state index contributed by atoms with van der Waals surface area (Å²) in [4.78, 5) is 4.47. The molecule has 0 atom stereocenters. The zero-order valence-electron chi connectivity index (χ0n) is 11.4. The van der Waals surface area contributed by atoms with Crippen LogP contribution in [-0.4, -0.2) is 18.5 Å². The second-order valence-electron chi connectivity index (χ2n) is 4.56. The van der Waals surface area contributed by atoms with E-state index >= 15 is 0 Å². The Morgan fingerprint density at radius 2 is 1.67 bits per heavy atom. The fraction of sp³-hybridized carbons (Fsp3) is 0.188. The number of rotatable bonds is 4. The number of halogens is 3. The average Bonchev–Trinajstić information content (AvgIpc) is 2.43. The van der Waals surface area contributed by atoms with Gasteiger partial charge in [0.15, 0.2) is 0 Å². The third-order valence-corrected chi connectivity index (χ3v) is 2.72. The van der Waals surface area contributed by atoms with Crippen LogP contribution in [0.4, 0.5) is 13.2 Å². The first-order valence-corrected chi connectivity index (χ1v) is 6.35. The van der Waals surface area contributed by atoms with Gasteiger partial charge in [0.2, 0.25) is 6.61 Å². The fourth-order valence-corrected chi connectivity index (χ4v) is 1.83. The van der Waals surface area contributed by atoms with Gasteiger partial charge in [-0.1, -0.05) is 59.3 Å². The van der Waals surface area contributed by atoms with Gasteiger partial charge in [-0.15, -0.1) is 0 Å². The molecule has 0 saturated heterocycles. The lowest BCUT2D eigenvalue weighted by Gasteiger charge is -2.09. The van der Waals surface area contributed by atoms with E-state index in [0.29, 0.717) is 16.8 Å². The van der Waals surface area contributed by atoms with Gasteiger partial charge >= 0.3 is 6.18 Å². The largest absolute Gasteiger partial charge is 0.425 e. The van der Waals surface area contributed by atoms with Gasteiger partial charge in [0.1, 0.15) is 5.71 Å². The predicted octanol–water partition coefficient (Wildman–Crippen LogP) is 4.33. The molecule has 0 unspecified atom stereocenters. The van der Waals surface area contributed by atoms with E-state index in [2.05, 4.69) is 9.99 Å². The molecule has 21 heavy (non-hydrogen) atoms. The van der Waals surface area contributed by atoms with Crippen molar-refractivity contribution in [1.82, 2.24) is 0 Å². The smallest absolute Gasteiger partial charge is 0.386 e. The zero-order valence-corrected chi connectivity index (χ0v) is 11.4. The van der Waals surface area contributed by atoms with Crippen LogP contribution in [0.3, 0.4) is 0 Å². The van der Waals surface area contributed by atoms with Crippen LogP contribution in [0.2, 0.25) is 0 Å². The Morgan fingerprint density at radius 1 is 1.00 bits per heavy atom. The number of hydrogen-bond donors (Lipinski definition) is 0. The third kappa shape index (κ3) is 4.63. The lowest BCUT2D eigenvalue weighted by Crippen LogP contribution is -2.16. The highest BCUT2D eigenvalue weighted by molar-refractivity contribution is 6.12. The number of nitrogens with zero attached hydrogens (tertiary/aromatic N) is 1. The molecule has 0 aliphatic rings. The van der Waals surface area contributed by atoms with E-state index in [0.717, 1.165) is 5.56 Å². The summed E-state index contributed by atoms with van der Waals surface area (Å²) in [6.07, 6.45) is -4.40. The normalized spacial score (nSPS) is 12.3. The summed E-state index contributed by atoms with van der Waals surface area (Å²) in [6.45, 7) is 0.498. The second-order valence-corrected chi connectivity index (χ2v) is 4.56. The van der Waals surface area contributed by atoms with E-state index in [1.165, 1.54) is 0 Å². The van der Waals surface area contributed by atoms with Crippen molar-refractivity contribution in [2.24, 2.45) is 5.16 Å². The molecule has 5 heteroatoms. The van der Waals surface area contributed by atoms with Crippen molar-refractivity contribution in [3.05, 3.63) is 71.3 Å². The lowest BCUT2D eigenvalue weighted by atomic mass is 10.0. The molecule has 0 aromatic heterocycles. The molecule has 0 radical (unpaired) electrons. The number of hydrogen-bond acceptors (Lipinski definition) is 2. The van der Waals surface area contributed by atoms with E-state index in [1.54, 1.807) is 30.3 Å². The maximum absolute atomic E-state index is 12.2. The minimum absolute atomic E-state index is 0.378. The fourth-order valence-electron chi connectivity index (χ4n) is 1.83. The predicted molar refractivity (Wildman–Crippen MR) is 75.3 cm³/mol. The molecule has 2 aromatic carbocycles. The SMILES string of the molecule is Cc1cccc(C(=NOCC(F)(F)F)c2ccccc2)c1. The van der Waals surface area contributed by atoms with Crippen molar-refractivity contribution in [3.8, 4) is 0 Å². The monoisotopic (exact) mass is 293 g/mol. The highest BCUT2D eigenvalue weighted by Gasteiger charge is 2.28. The van der Waals surface area contributed by atoms with Gasteiger partial charge in [-0.25, -0.2) is 0 Å². The van der Waals surface area contributed by atoms with Crippen molar-refractivity contribution in [2.75, 3.05) is 6.61 Å². The molecule has 0 heterocycles. The lowest BCUT2D eigenvalue weighted by molar-refractivity contribution is -0.173. The highest BCUT2D eigenvalue weighted by atomic mass is 19.4. The summed E-state index contributed by atoms with van der Waals surface area (Å²) in [5.41, 5.74) is 2.78. The van der Waals surface area contributed by atoms with Crippen LogP contribution in [0.1, 0.15) is 16.7 Å². The Bertz CT molecular complexity index is 621. The Morgan fingerprint density at radius 3 is 2.29 bits per heavy atom. The standard InChI is InChI=1S/C16H14F3NO/c1-12-6-5-9-14(10-12)15(13-7-3-2-4-8-13)20-21-11-16(17,18)19/h2-10H,11H2,1H3. The Kier molecular flexibility index (Phi) is 4.62. The Hall–Kier alpha value is -2.30. The van der Waals surface area contributed by atoms with Crippen molar-refractivity contribution >= 4 is 5.71 Å².